The minimum absolute atomic E-state index is 0.0490. The third-order valence-electron chi connectivity index (χ3n) is 5.10. The molecule has 1 aromatic carbocycles. The Bertz CT molecular complexity index is 1100. The van der Waals surface area contributed by atoms with Gasteiger partial charge in [-0.2, -0.15) is 13.2 Å². The molecule has 0 saturated carbocycles. The number of hydrogen-bond acceptors (Lipinski definition) is 5. The monoisotopic (exact) mass is 422 g/mol. The zero-order chi connectivity index (χ0) is 20.6. The van der Waals surface area contributed by atoms with E-state index in [0.29, 0.717) is 44.1 Å². The van der Waals surface area contributed by atoms with E-state index in [2.05, 4.69) is 9.97 Å². The van der Waals surface area contributed by atoms with Gasteiger partial charge >= 0.3 is 6.18 Å². The number of amides is 1. The first-order valence-corrected chi connectivity index (χ1v) is 9.95. The molecule has 152 valence electrons. The molecule has 0 unspecified atom stereocenters. The molecular formula is C19H17F3N4O2S. The second-order valence-electron chi connectivity index (χ2n) is 7.03. The van der Waals surface area contributed by atoms with Crippen molar-refractivity contribution >= 4 is 27.5 Å². The number of fused-ring (bicyclic) bond motifs is 1. The lowest BCUT2D eigenvalue weighted by Crippen LogP contribution is -2.40. The van der Waals surface area contributed by atoms with Gasteiger partial charge in [-0.1, -0.05) is 0 Å². The molecule has 0 N–H and O–H groups in total. The number of aromatic nitrogens is 3. The zero-order valence-electron chi connectivity index (χ0n) is 15.2. The number of likely N-dealkylation sites (tertiary alicyclic amines) is 1. The topological polar surface area (TPSA) is 68.1 Å². The second-order valence-corrected chi connectivity index (χ2v) is 7.92. The van der Waals surface area contributed by atoms with Gasteiger partial charge in [0, 0.05) is 31.3 Å². The largest absolute Gasteiger partial charge is 0.433 e. The number of rotatable bonds is 3. The number of alkyl halides is 3. The van der Waals surface area contributed by atoms with E-state index in [-0.39, 0.29) is 11.8 Å². The molecule has 1 amide bonds. The fourth-order valence-electron chi connectivity index (χ4n) is 3.49. The predicted octanol–water partition coefficient (Wildman–Crippen LogP) is 3.42. The molecule has 0 aliphatic carbocycles. The lowest BCUT2D eigenvalue weighted by atomic mass is 9.96. The Morgan fingerprint density at radius 1 is 1.17 bits per heavy atom. The van der Waals surface area contributed by atoms with E-state index in [1.807, 2.05) is 12.1 Å². The van der Waals surface area contributed by atoms with Crippen LogP contribution in [0.5, 0.6) is 0 Å². The highest BCUT2D eigenvalue weighted by Gasteiger charge is 2.33. The molecule has 3 aromatic rings. The van der Waals surface area contributed by atoms with E-state index in [4.69, 9.17) is 0 Å². The van der Waals surface area contributed by atoms with Crippen LogP contribution in [-0.4, -0.2) is 38.4 Å². The highest BCUT2D eigenvalue weighted by molar-refractivity contribution is 7.16. The second kappa shape index (κ2) is 7.58. The fourth-order valence-corrected chi connectivity index (χ4v) is 4.20. The van der Waals surface area contributed by atoms with E-state index >= 15 is 0 Å². The maximum atomic E-state index is 12.8. The number of benzene rings is 1. The molecule has 1 aliphatic heterocycles. The molecule has 6 nitrogen and oxygen atoms in total. The van der Waals surface area contributed by atoms with E-state index in [9.17, 15) is 22.8 Å². The lowest BCUT2D eigenvalue weighted by molar-refractivity contribution is -0.141. The summed E-state index contributed by atoms with van der Waals surface area (Å²) in [6.07, 6.45) is -2.34. The SMILES string of the molecule is O=C(c1ccc2ncsc2c1)N1CCC(Cn2cnc(C(F)(F)F)cc2=O)CC1. The van der Waals surface area contributed by atoms with Gasteiger partial charge in [0.25, 0.3) is 11.5 Å². The lowest BCUT2D eigenvalue weighted by Gasteiger charge is -2.32. The van der Waals surface area contributed by atoms with Crippen molar-refractivity contribution in [1.29, 1.82) is 0 Å². The van der Waals surface area contributed by atoms with Gasteiger partial charge in [-0.15, -0.1) is 11.3 Å². The molecule has 3 heterocycles. The van der Waals surface area contributed by atoms with Gasteiger partial charge < -0.3 is 4.90 Å². The van der Waals surface area contributed by atoms with Gasteiger partial charge in [0.05, 0.1) is 22.1 Å². The summed E-state index contributed by atoms with van der Waals surface area (Å²) in [4.78, 5) is 34.0. The van der Waals surface area contributed by atoms with Crippen LogP contribution in [0.15, 0.2) is 40.9 Å². The fraction of sp³-hybridized carbons (Fsp3) is 0.368. The van der Waals surface area contributed by atoms with Gasteiger partial charge in [0.15, 0.2) is 5.69 Å². The molecule has 0 radical (unpaired) electrons. The molecule has 2 aromatic heterocycles. The van der Waals surface area contributed by atoms with Crippen LogP contribution in [0.2, 0.25) is 0 Å². The third-order valence-corrected chi connectivity index (χ3v) is 5.90. The summed E-state index contributed by atoms with van der Waals surface area (Å²) in [6.45, 7) is 1.36. The average molecular weight is 422 g/mol. The van der Waals surface area contributed by atoms with Crippen molar-refractivity contribution in [2.45, 2.75) is 25.6 Å². The maximum absolute atomic E-state index is 12.8. The molecule has 29 heavy (non-hydrogen) atoms. The summed E-state index contributed by atoms with van der Waals surface area (Å²) in [7, 11) is 0. The Balaban J connectivity index is 1.38. The predicted molar refractivity (Wildman–Crippen MR) is 102 cm³/mol. The van der Waals surface area contributed by atoms with Crippen molar-refractivity contribution in [1.82, 2.24) is 19.4 Å². The van der Waals surface area contributed by atoms with Crippen molar-refractivity contribution in [3.63, 3.8) is 0 Å². The number of piperidine rings is 1. The smallest absolute Gasteiger partial charge is 0.339 e. The van der Waals surface area contributed by atoms with Crippen LogP contribution >= 0.6 is 11.3 Å². The molecule has 1 saturated heterocycles. The van der Waals surface area contributed by atoms with Crippen molar-refractivity contribution < 1.29 is 18.0 Å². The number of nitrogens with zero attached hydrogens (tertiary/aromatic N) is 4. The quantitative estimate of drug-likeness (QED) is 0.649. The van der Waals surface area contributed by atoms with Crippen LogP contribution in [0, 0.1) is 5.92 Å². The molecule has 4 rings (SSSR count). The molecule has 1 aliphatic rings. The number of carbonyl (C=O) groups is 1. The van der Waals surface area contributed by atoms with Crippen molar-refractivity contribution in [2.75, 3.05) is 13.1 Å². The van der Waals surface area contributed by atoms with Gasteiger partial charge in [-0.25, -0.2) is 9.97 Å². The summed E-state index contributed by atoms with van der Waals surface area (Å²) in [5, 5.41) is 0. The standard InChI is InChI=1S/C19H17F3N4O2S/c20-19(21,22)16-8-17(27)26(10-23-16)9-12-3-5-25(6-4-12)18(28)13-1-2-14-15(7-13)29-11-24-14/h1-2,7-8,10-12H,3-6,9H2. The zero-order valence-corrected chi connectivity index (χ0v) is 16.0. The molecule has 0 bridgehead atoms. The number of thiazole rings is 1. The van der Waals surface area contributed by atoms with Gasteiger partial charge in [-0.05, 0) is 37.0 Å². The van der Waals surface area contributed by atoms with Gasteiger partial charge in [0.2, 0.25) is 0 Å². The first-order valence-electron chi connectivity index (χ1n) is 9.07. The minimum atomic E-state index is -4.63. The van der Waals surface area contributed by atoms with E-state index in [1.165, 1.54) is 15.9 Å². The van der Waals surface area contributed by atoms with Crippen LogP contribution in [0.1, 0.15) is 28.9 Å². The van der Waals surface area contributed by atoms with Crippen LogP contribution in [0.3, 0.4) is 0 Å². The number of halogens is 3. The summed E-state index contributed by atoms with van der Waals surface area (Å²) in [5.74, 6) is 0.0476. The Morgan fingerprint density at radius 3 is 2.62 bits per heavy atom. The summed E-state index contributed by atoms with van der Waals surface area (Å²) in [6, 6.07) is 5.96. The number of carbonyl (C=O) groups excluding carboxylic acids is 1. The average Bonchev–Trinajstić information content (AvgIpc) is 3.16. The Kier molecular flexibility index (Phi) is 5.12. The number of hydrogen-bond donors (Lipinski definition) is 0. The highest BCUT2D eigenvalue weighted by atomic mass is 32.1. The Labute approximate surface area is 167 Å². The molecule has 0 atom stereocenters. The third kappa shape index (κ3) is 4.16. The first-order chi connectivity index (χ1) is 13.8. The van der Waals surface area contributed by atoms with E-state index in [0.717, 1.165) is 16.5 Å². The van der Waals surface area contributed by atoms with Gasteiger partial charge in [-0.3, -0.25) is 14.2 Å². The van der Waals surface area contributed by atoms with E-state index < -0.39 is 17.4 Å². The highest BCUT2D eigenvalue weighted by Crippen LogP contribution is 2.26. The molecule has 1 fully saturated rings. The Morgan fingerprint density at radius 2 is 1.93 bits per heavy atom. The van der Waals surface area contributed by atoms with Crippen LogP contribution in [0.25, 0.3) is 10.2 Å². The van der Waals surface area contributed by atoms with Crippen molar-refractivity contribution in [2.24, 2.45) is 5.92 Å². The van der Waals surface area contributed by atoms with Crippen molar-refractivity contribution in [3.8, 4) is 0 Å². The summed E-state index contributed by atoms with van der Waals surface area (Å²) < 4.78 is 40.1. The van der Waals surface area contributed by atoms with E-state index in [1.54, 1.807) is 16.5 Å². The van der Waals surface area contributed by atoms with Crippen LogP contribution in [0.4, 0.5) is 13.2 Å². The normalized spacial score (nSPS) is 15.8. The molecule has 10 heteroatoms. The molecular weight excluding hydrogens is 405 g/mol. The maximum Gasteiger partial charge on any atom is 0.433 e. The summed E-state index contributed by atoms with van der Waals surface area (Å²) in [5.41, 5.74) is 1.31. The van der Waals surface area contributed by atoms with Crippen molar-refractivity contribution in [3.05, 3.63) is 57.7 Å². The first kappa shape index (κ1) is 19.6. The van der Waals surface area contributed by atoms with Gasteiger partial charge in [0.1, 0.15) is 0 Å². The summed E-state index contributed by atoms with van der Waals surface area (Å²) >= 11 is 1.48. The molecule has 0 spiro atoms. The van der Waals surface area contributed by atoms with Crippen LogP contribution in [-0.2, 0) is 12.7 Å². The Hall–Kier alpha value is -2.75. The van der Waals surface area contributed by atoms with Crippen LogP contribution < -0.4 is 5.56 Å². The minimum Gasteiger partial charge on any atom is -0.339 e.